The molecule has 1 saturated carbocycles. The van der Waals surface area contributed by atoms with Gasteiger partial charge in [-0.15, -0.1) is 0 Å². The second-order valence-corrected chi connectivity index (χ2v) is 4.42. The number of hydrogen-bond acceptors (Lipinski definition) is 4. The quantitative estimate of drug-likeness (QED) is 0.732. The number of carbonyl (C=O) groups excluding carboxylic acids is 2. The van der Waals surface area contributed by atoms with E-state index >= 15 is 0 Å². The van der Waals surface area contributed by atoms with Gasteiger partial charge in [0.25, 0.3) is 5.91 Å². The van der Waals surface area contributed by atoms with Crippen LogP contribution < -0.4 is 5.48 Å². The zero-order valence-corrected chi connectivity index (χ0v) is 9.94. The van der Waals surface area contributed by atoms with Crippen molar-refractivity contribution in [1.29, 1.82) is 0 Å². The minimum absolute atomic E-state index is 0.0711. The van der Waals surface area contributed by atoms with Crippen LogP contribution in [0.5, 0.6) is 0 Å². The predicted octanol–water partition coefficient (Wildman–Crippen LogP) is 0.585. The predicted molar refractivity (Wildman–Crippen MR) is 60.9 cm³/mol. The summed E-state index contributed by atoms with van der Waals surface area (Å²) < 4.78 is 0. The van der Waals surface area contributed by atoms with Crippen molar-refractivity contribution in [3.8, 4) is 0 Å². The summed E-state index contributed by atoms with van der Waals surface area (Å²) in [5.41, 5.74) is 2.77. The highest BCUT2D eigenvalue weighted by atomic mass is 16.7. The highest BCUT2D eigenvalue weighted by molar-refractivity contribution is 6.39. The fraction of sp³-hybridized carbons (Fsp3) is 0.727. The molecule has 6 nitrogen and oxygen atoms in total. The van der Waals surface area contributed by atoms with Crippen molar-refractivity contribution in [2.24, 2.45) is 5.10 Å². The second kappa shape index (κ2) is 5.27. The molecule has 0 bridgehead atoms. The van der Waals surface area contributed by atoms with Crippen molar-refractivity contribution in [2.75, 3.05) is 7.05 Å². The molecule has 0 aromatic heterocycles. The fourth-order valence-corrected chi connectivity index (χ4v) is 2.03. The molecule has 0 unspecified atom stereocenters. The van der Waals surface area contributed by atoms with E-state index < -0.39 is 0 Å². The molecule has 0 aromatic carbocycles. The Labute approximate surface area is 99.9 Å². The van der Waals surface area contributed by atoms with Gasteiger partial charge in [-0.1, -0.05) is 12.8 Å². The van der Waals surface area contributed by atoms with Gasteiger partial charge >= 0.3 is 0 Å². The third kappa shape index (κ3) is 3.03. The number of rotatable bonds is 3. The molecule has 1 N–H and O–H groups in total. The van der Waals surface area contributed by atoms with Gasteiger partial charge in [0, 0.05) is 19.9 Å². The number of hydrogen-bond donors (Lipinski definition) is 1. The van der Waals surface area contributed by atoms with E-state index in [4.69, 9.17) is 4.84 Å². The minimum atomic E-state index is -0.337. The van der Waals surface area contributed by atoms with Crippen LogP contribution in [-0.2, 0) is 14.4 Å². The molecule has 1 heterocycles. The van der Waals surface area contributed by atoms with Crippen LogP contribution in [0.25, 0.3) is 0 Å². The van der Waals surface area contributed by atoms with Gasteiger partial charge in [0.05, 0.1) is 6.10 Å². The Bertz CT molecular complexity index is 348. The molecule has 6 heteroatoms. The molecule has 1 aliphatic carbocycles. The normalized spacial score (nSPS) is 21.6. The monoisotopic (exact) mass is 239 g/mol. The lowest BCUT2D eigenvalue weighted by Gasteiger charge is -2.19. The average molecular weight is 239 g/mol. The summed E-state index contributed by atoms with van der Waals surface area (Å²) in [6, 6.07) is 0. The highest BCUT2D eigenvalue weighted by Crippen LogP contribution is 2.19. The fourth-order valence-electron chi connectivity index (χ4n) is 2.03. The third-order valence-corrected chi connectivity index (χ3v) is 3.09. The van der Waals surface area contributed by atoms with E-state index in [9.17, 15) is 9.59 Å². The maximum Gasteiger partial charge on any atom is 0.291 e. The first-order chi connectivity index (χ1) is 8.16. The molecule has 2 aliphatic rings. The van der Waals surface area contributed by atoms with Crippen molar-refractivity contribution in [3.63, 3.8) is 0 Å². The number of carbonyl (C=O) groups is 2. The molecule has 0 spiro atoms. The van der Waals surface area contributed by atoms with Crippen molar-refractivity contribution in [3.05, 3.63) is 0 Å². The van der Waals surface area contributed by atoms with E-state index in [0.29, 0.717) is 18.6 Å². The number of nitrogens with one attached hydrogen (secondary N) is 1. The maximum atomic E-state index is 11.7. The summed E-state index contributed by atoms with van der Waals surface area (Å²) in [7, 11) is 1.55. The van der Waals surface area contributed by atoms with E-state index in [2.05, 4.69) is 10.6 Å². The van der Waals surface area contributed by atoms with Crippen LogP contribution in [0.15, 0.2) is 5.10 Å². The zero-order valence-electron chi connectivity index (χ0n) is 9.94. The molecule has 0 saturated heterocycles. The van der Waals surface area contributed by atoms with Gasteiger partial charge in [-0.2, -0.15) is 5.10 Å². The van der Waals surface area contributed by atoms with Gasteiger partial charge in [-0.3, -0.25) is 14.4 Å². The van der Waals surface area contributed by atoms with Gasteiger partial charge in [0.15, 0.2) is 0 Å². The van der Waals surface area contributed by atoms with Crippen LogP contribution in [0.2, 0.25) is 0 Å². The number of hydroxylamine groups is 1. The van der Waals surface area contributed by atoms with Crippen molar-refractivity contribution < 1.29 is 14.4 Å². The summed E-state index contributed by atoms with van der Waals surface area (Å²) in [5.74, 6) is -0.408. The number of amides is 2. The smallest absolute Gasteiger partial charge is 0.273 e. The Morgan fingerprint density at radius 3 is 2.76 bits per heavy atom. The summed E-state index contributed by atoms with van der Waals surface area (Å²) in [6.07, 6.45) is 5.12. The van der Waals surface area contributed by atoms with Gasteiger partial charge in [-0.25, -0.2) is 10.5 Å². The minimum Gasteiger partial charge on any atom is -0.273 e. The van der Waals surface area contributed by atoms with Crippen molar-refractivity contribution >= 4 is 17.5 Å². The summed E-state index contributed by atoms with van der Waals surface area (Å²) >= 11 is 0. The lowest BCUT2D eigenvalue weighted by Crippen LogP contribution is -2.38. The van der Waals surface area contributed by atoms with E-state index in [1.165, 1.54) is 5.01 Å². The molecule has 2 amide bonds. The topological polar surface area (TPSA) is 71.0 Å². The SMILES string of the molecule is CN1N=C(C(=O)NOC2CCCC2)CCC1=O. The standard InChI is InChI=1S/C11H17N3O3/c1-14-10(15)7-6-9(12-14)11(16)13-17-8-4-2-3-5-8/h8H,2-7H2,1H3,(H,13,16). The number of nitrogens with zero attached hydrogens (tertiary/aromatic N) is 2. The zero-order chi connectivity index (χ0) is 12.3. The molecule has 2 rings (SSSR count). The molecule has 1 aliphatic heterocycles. The lowest BCUT2D eigenvalue weighted by molar-refractivity contribution is -0.132. The van der Waals surface area contributed by atoms with Gasteiger partial charge in [-0.05, 0) is 12.8 Å². The van der Waals surface area contributed by atoms with Crippen LogP contribution in [0.3, 0.4) is 0 Å². The Hall–Kier alpha value is -1.43. The summed E-state index contributed by atoms with van der Waals surface area (Å²) in [5, 5.41) is 5.12. The molecular formula is C11H17N3O3. The van der Waals surface area contributed by atoms with E-state index in [0.717, 1.165) is 25.7 Å². The van der Waals surface area contributed by atoms with E-state index in [-0.39, 0.29) is 17.9 Å². The Morgan fingerprint density at radius 2 is 2.12 bits per heavy atom. The summed E-state index contributed by atoms with van der Waals surface area (Å²) in [4.78, 5) is 28.2. The van der Waals surface area contributed by atoms with Gasteiger partial charge < -0.3 is 0 Å². The van der Waals surface area contributed by atoms with E-state index in [1.807, 2.05) is 0 Å². The lowest BCUT2D eigenvalue weighted by atomic mass is 10.1. The second-order valence-electron chi connectivity index (χ2n) is 4.42. The molecule has 0 aromatic rings. The van der Waals surface area contributed by atoms with Crippen LogP contribution >= 0.6 is 0 Å². The first-order valence-corrected chi connectivity index (χ1v) is 5.97. The average Bonchev–Trinajstić information content (AvgIpc) is 2.82. The molecule has 94 valence electrons. The molecule has 0 atom stereocenters. The van der Waals surface area contributed by atoms with Crippen molar-refractivity contribution in [2.45, 2.75) is 44.6 Å². The van der Waals surface area contributed by atoms with Crippen LogP contribution in [0, 0.1) is 0 Å². The van der Waals surface area contributed by atoms with Crippen LogP contribution in [0.4, 0.5) is 0 Å². The maximum absolute atomic E-state index is 11.7. The van der Waals surface area contributed by atoms with Crippen molar-refractivity contribution in [1.82, 2.24) is 10.5 Å². The highest BCUT2D eigenvalue weighted by Gasteiger charge is 2.23. The molecular weight excluding hydrogens is 222 g/mol. The van der Waals surface area contributed by atoms with Crippen LogP contribution in [-0.4, -0.2) is 35.7 Å². The van der Waals surface area contributed by atoms with Gasteiger partial charge in [0.2, 0.25) is 5.91 Å². The first-order valence-electron chi connectivity index (χ1n) is 5.97. The Kier molecular flexibility index (Phi) is 3.73. The summed E-state index contributed by atoms with van der Waals surface area (Å²) in [6.45, 7) is 0. The first kappa shape index (κ1) is 12.0. The third-order valence-electron chi connectivity index (χ3n) is 3.09. The Balaban J connectivity index is 1.83. The largest absolute Gasteiger partial charge is 0.291 e. The van der Waals surface area contributed by atoms with Gasteiger partial charge in [0.1, 0.15) is 5.71 Å². The molecule has 0 radical (unpaired) electrons. The van der Waals surface area contributed by atoms with Crippen LogP contribution in [0.1, 0.15) is 38.5 Å². The molecule has 1 fully saturated rings. The number of hydrazone groups is 1. The van der Waals surface area contributed by atoms with E-state index in [1.54, 1.807) is 7.05 Å². The Morgan fingerprint density at radius 1 is 1.41 bits per heavy atom. The molecule has 17 heavy (non-hydrogen) atoms.